The Hall–Kier alpha value is -2.09. The van der Waals surface area contributed by atoms with Crippen molar-refractivity contribution in [1.29, 1.82) is 0 Å². The van der Waals surface area contributed by atoms with Gasteiger partial charge in [-0.15, -0.1) is 0 Å². The van der Waals surface area contributed by atoms with Crippen LogP contribution in [0.25, 0.3) is 0 Å². The Bertz CT molecular complexity index is 567. The molecular weight excluding hydrogens is 222 g/mol. The second-order valence-electron chi connectivity index (χ2n) is 4.54. The lowest BCUT2D eigenvalue weighted by molar-refractivity contribution is 0.102. The lowest BCUT2D eigenvalue weighted by atomic mass is 10.1. The molecular formula is C16H17NO. The second kappa shape index (κ2) is 5.05. The number of hydrogen-bond donors (Lipinski definition) is 1. The highest BCUT2D eigenvalue weighted by Crippen LogP contribution is 2.20. The number of amides is 1. The van der Waals surface area contributed by atoms with Crippen molar-refractivity contribution in [3.05, 3.63) is 64.7 Å². The molecule has 0 unspecified atom stereocenters. The van der Waals surface area contributed by atoms with Crippen molar-refractivity contribution in [3.63, 3.8) is 0 Å². The van der Waals surface area contributed by atoms with E-state index in [2.05, 4.69) is 5.32 Å². The van der Waals surface area contributed by atoms with E-state index in [1.54, 1.807) is 0 Å². The number of carbonyl (C=O) groups is 1. The zero-order chi connectivity index (χ0) is 13.1. The molecule has 2 aromatic rings. The predicted octanol–water partition coefficient (Wildman–Crippen LogP) is 3.86. The van der Waals surface area contributed by atoms with Crippen LogP contribution in [0.15, 0.2) is 42.5 Å². The van der Waals surface area contributed by atoms with Crippen LogP contribution in [0.2, 0.25) is 0 Å². The molecule has 0 fully saturated rings. The molecule has 0 aliphatic heterocycles. The summed E-state index contributed by atoms with van der Waals surface area (Å²) in [5, 5.41) is 3.00. The Morgan fingerprint density at radius 1 is 0.833 bits per heavy atom. The normalized spacial score (nSPS) is 10.2. The number of benzene rings is 2. The first-order chi connectivity index (χ1) is 8.59. The third-order valence-electron chi connectivity index (χ3n) is 3.11. The molecule has 0 saturated heterocycles. The molecule has 0 radical (unpaired) electrons. The zero-order valence-electron chi connectivity index (χ0n) is 10.9. The molecule has 2 rings (SSSR count). The van der Waals surface area contributed by atoms with Crippen molar-refractivity contribution >= 4 is 11.6 Å². The maximum Gasteiger partial charge on any atom is 0.255 e. The molecule has 0 heterocycles. The van der Waals surface area contributed by atoms with Gasteiger partial charge in [-0.05, 0) is 43.5 Å². The van der Waals surface area contributed by atoms with E-state index in [1.165, 1.54) is 0 Å². The maximum atomic E-state index is 12.2. The molecule has 0 saturated carbocycles. The first kappa shape index (κ1) is 12.4. The molecule has 2 nitrogen and oxygen atoms in total. The zero-order valence-corrected chi connectivity index (χ0v) is 10.9. The number of para-hydroxylation sites is 1. The molecule has 0 aromatic heterocycles. The fourth-order valence-electron chi connectivity index (χ4n) is 2.02. The molecule has 0 aliphatic rings. The van der Waals surface area contributed by atoms with Crippen LogP contribution in [-0.2, 0) is 0 Å². The molecule has 0 bridgehead atoms. The molecule has 0 aliphatic carbocycles. The van der Waals surface area contributed by atoms with Crippen LogP contribution >= 0.6 is 0 Å². The Balaban J connectivity index is 2.30. The standard InChI is InChI=1S/C16H17NO/c1-11-7-4-5-10-14(11)16(18)17-15-12(2)8-6-9-13(15)3/h4-10H,1-3H3,(H,17,18). The molecule has 0 atom stereocenters. The van der Waals surface area contributed by atoms with Gasteiger partial charge in [0.2, 0.25) is 0 Å². The molecule has 1 N–H and O–H groups in total. The first-order valence-corrected chi connectivity index (χ1v) is 6.03. The summed E-state index contributed by atoms with van der Waals surface area (Å²) in [5.41, 5.74) is 4.78. The van der Waals surface area contributed by atoms with Gasteiger partial charge in [-0.2, -0.15) is 0 Å². The molecule has 18 heavy (non-hydrogen) atoms. The van der Waals surface area contributed by atoms with Gasteiger partial charge in [-0.1, -0.05) is 36.4 Å². The van der Waals surface area contributed by atoms with E-state index in [0.29, 0.717) is 0 Å². The average molecular weight is 239 g/mol. The minimum Gasteiger partial charge on any atom is -0.321 e. The fourth-order valence-corrected chi connectivity index (χ4v) is 2.02. The summed E-state index contributed by atoms with van der Waals surface area (Å²) in [5.74, 6) is -0.0505. The van der Waals surface area contributed by atoms with Crippen molar-refractivity contribution in [2.24, 2.45) is 0 Å². The summed E-state index contributed by atoms with van der Waals surface area (Å²) in [6.45, 7) is 5.94. The third-order valence-corrected chi connectivity index (χ3v) is 3.11. The van der Waals surface area contributed by atoms with Crippen LogP contribution in [-0.4, -0.2) is 5.91 Å². The maximum absolute atomic E-state index is 12.2. The van der Waals surface area contributed by atoms with Crippen molar-refractivity contribution in [1.82, 2.24) is 0 Å². The van der Waals surface area contributed by atoms with Gasteiger partial charge >= 0.3 is 0 Å². The van der Waals surface area contributed by atoms with Gasteiger partial charge in [0, 0.05) is 11.3 Å². The van der Waals surface area contributed by atoms with Gasteiger partial charge in [0.15, 0.2) is 0 Å². The highest BCUT2D eigenvalue weighted by atomic mass is 16.1. The van der Waals surface area contributed by atoms with Crippen LogP contribution in [0, 0.1) is 20.8 Å². The van der Waals surface area contributed by atoms with Crippen LogP contribution in [0.1, 0.15) is 27.0 Å². The number of aryl methyl sites for hydroxylation is 3. The van der Waals surface area contributed by atoms with Gasteiger partial charge in [-0.25, -0.2) is 0 Å². The Labute approximate surface area is 108 Å². The van der Waals surface area contributed by atoms with Crippen molar-refractivity contribution in [3.8, 4) is 0 Å². The molecule has 0 spiro atoms. The molecule has 1 amide bonds. The number of hydrogen-bond acceptors (Lipinski definition) is 1. The number of anilines is 1. The van der Waals surface area contributed by atoms with E-state index in [1.807, 2.05) is 63.2 Å². The van der Waals surface area contributed by atoms with Gasteiger partial charge in [0.25, 0.3) is 5.91 Å². The fraction of sp³-hybridized carbons (Fsp3) is 0.188. The summed E-state index contributed by atoms with van der Waals surface area (Å²) >= 11 is 0. The first-order valence-electron chi connectivity index (χ1n) is 6.03. The largest absolute Gasteiger partial charge is 0.321 e. The van der Waals surface area contributed by atoms with Crippen molar-refractivity contribution in [2.75, 3.05) is 5.32 Å². The van der Waals surface area contributed by atoms with E-state index in [4.69, 9.17) is 0 Å². The van der Waals surface area contributed by atoms with Crippen LogP contribution in [0.3, 0.4) is 0 Å². The third kappa shape index (κ3) is 2.43. The average Bonchev–Trinajstić information content (AvgIpc) is 2.34. The van der Waals surface area contributed by atoms with Crippen LogP contribution in [0.4, 0.5) is 5.69 Å². The predicted molar refractivity (Wildman–Crippen MR) is 75.0 cm³/mol. The summed E-state index contributed by atoms with van der Waals surface area (Å²) in [6, 6.07) is 13.6. The Kier molecular flexibility index (Phi) is 3.47. The summed E-state index contributed by atoms with van der Waals surface area (Å²) in [6.07, 6.45) is 0. The van der Waals surface area contributed by atoms with Crippen LogP contribution < -0.4 is 5.32 Å². The van der Waals surface area contributed by atoms with Gasteiger partial charge in [0.05, 0.1) is 0 Å². The Morgan fingerprint density at radius 3 is 2.00 bits per heavy atom. The smallest absolute Gasteiger partial charge is 0.255 e. The van der Waals surface area contributed by atoms with E-state index in [9.17, 15) is 4.79 Å². The highest BCUT2D eigenvalue weighted by molar-refractivity contribution is 6.06. The SMILES string of the molecule is Cc1ccccc1C(=O)Nc1c(C)cccc1C. The van der Waals surface area contributed by atoms with Gasteiger partial charge in [-0.3, -0.25) is 4.79 Å². The minimum atomic E-state index is -0.0505. The van der Waals surface area contributed by atoms with E-state index in [-0.39, 0.29) is 5.91 Å². The second-order valence-corrected chi connectivity index (χ2v) is 4.54. The molecule has 2 heteroatoms. The lowest BCUT2D eigenvalue weighted by Crippen LogP contribution is -2.14. The summed E-state index contributed by atoms with van der Waals surface area (Å²) in [7, 11) is 0. The van der Waals surface area contributed by atoms with E-state index < -0.39 is 0 Å². The number of carbonyl (C=O) groups excluding carboxylic acids is 1. The summed E-state index contributed by atoms with van der Waals surface area (Å²) in [4.78, 5) is 12.2. The number of rotatable bonds is 2. The quantitative estimate of drug-likeness (QED) is 0.847. The van der Waals surface area contributed by atoms with E-state index in [0.717, 1.165) is 27.9 Å². The van der Waals surface area contributed by atoms with Crippen LogP contribution in [0.5, 0.6) is 0 Å². The number of nitrogens with one attached hydrogen (secondary N) is 1. The van der Waals surface area contributed by atoms with Gasteiger partial charge < -0.3 is 5.32 Å². The van der Waals surface area contributed by atoms with Crippen molar-refractivity contribution in [2.45, 2.75) is 20.8 Å². The minimum absolute atomic E-state index is 0.0505. The molecule has 2 aromatic carbocycles. The lowest BCUT2D eigenvalue weighted by Gasteiger charge is -2.12. The van der Waals surface area contributed by atoms with Gasteiger partial charge in [0.1, 0.15) is 0 Å². The Morgan fingerprint density at radius 2 is 1.39 bits per heavy atom. The van der Waals surface area contributed by atoms with Crippen molar-refractivity contribution < 1.29 is 4.79 Å². The highest BCUT2D eigenvalue weighted by Gasteiger charge is 2.10. The topological polar surface area (TPSA) is 29.1 Å². The van der Waals surface area contributed by atoms with E-state index >= 15 is 0 Å². The molecule has 92 valence electrons. The monoisotopic (exact) mass is 239 g/mol. The summed E-state index contributed by atoms with van der Waals surface area (Å²) < 4.78 is 0.